The van der Waals surface area contributed by atoms with Crippen LogP contribution in [0.3, 0.4) is 0 Å². The number of fused-ring (bicyclic) bond motifs is 1. The molecule has 2 amide bonds. The Morgan fingerprint density at radius 3 is 2.58 bits per heavy atom. The van der Waals surface area contributed by atoms with Gasteiger partial charge in [-0.25, -0.2) is 0 Å². The van der Waals surface area contributed by atoms with Gasteiger partial charge in [0.1, 0.15) is 13.2 Å². The van der Waals surface area contributed by atoms with Crippen LogP contribution in [0.1, 0.15) is 26.5 Å². The number of amides is 2. The average Bonchev–Trinajstić information content (AvgIpc) is 3.56. The quantitative estimate of drug-likeness (QED) is 0.418. The molecule has 4 aromatic rings. The number of H-pyrrole nitrogens is 1. The smallest absolute Gasteiger partial charge is 0.291 e. The highest BCUT2D eigenvalue weighted by Gasteiger charge is 2.18. The third kappa shape index (κ3) is 4.42. The zero-order valence-electron chi connectivity index (χ0n) is 17.5. The fraction of sp³-hybridized carbons (Fsp3) is 0.125. The van der Waals surface area contributed by atoms with Gasteiger partial charge in [-0.15, -0.1) is 0 Å². The molecule has 166 valence electrons. The van der Waals surface area contributed by atoms with Crippen LogP contribution in [0.15, 0.2) is 71.5 Å². The Morgan fingerprint density at radius 2 is 1.79 bits per heavy atom. The van der Waals surface area contributed by atoms with Crippen LogP contribution in [0.5, 0.6) is 11.5 Å². The van der Waals surface area contributed by atoms with Crippen molar-refractivity contribution >= 4 is 17.5 Å². The molecule has 3 heterocycles. The van der Waals surface area contributed by atoms with Crippen LogP contribution in [0.4, 0.5) is 5.69 Å². The molecular formula is C24H20N4O5. The second kappa shape index (κ2) is 8.91. The number of nitrogens with zero attached hydrogens (tertiary/aromatic N) is 1. The second-order valence-electron chi connectivity index (χ2n) is 7.33. The zero-order valence-corrected chi connectivity index (χ0v) is 17.5. The van der Waals surface area contributed by atoms with Crippen molar-refractivity contribution in [3.8, 4) is 22.8 Å². The van der Waals surface area contributed by atoms with Crippen LogP contribution in [0.2, 0.25) is 0 Å². The highest BCUT2D eigenvalue weighted by atomic mass is 16.6. The van der Waals surface area contributed by atoms with Gasteiger partial charge in [0.25, 0.3) is 11.8 Å². The topological polar surface area (TPSA) is 118 Å². The van der Waals surface area contributed by atoms with E-state index in [2.05, 4.69) is 20.8 Å². The van der Waals surface area contributed by atoms with E-state index in [0.717, 1.165) is 11.1 Å². The number of benzene rings is 2. The van der Waals surface area contributed by atoms with E-state index in [1.165, 1.54) is 12.5 Å². The lowest BCUT2D eigenvalue weighted by molar-refractivity contribution is 0.0950. The number of carbonyl (C=O) groups excluding carboxylic acids is 2. The first kappa shape index (κ1) is 20.4. The van der Waals surface area contributed by atoms with E-state index in [0.29, 0.717) is 48.2 Å². The molecular weight excluding hydrogens is 424 g/mol. The van der Waals surface area contributed by atoms with E-state index in [1.54, 1.807) is 24.3 Å². The Balaban J connectivity index is 1.22. The Kier molecular flexibility index (Phi) is 5.50. The SMILES string of the molecule is O=C(Nc1ccc(CNC(=O)c2cn[nH]c2-c2ccc3c(c2)OCCO3)cc1)c1ccco1. The molecule has 0 atom stereocenters. The summed E-state index contributed by atoms with van der Waals surface area (Å²) in [5.41, 5.74) is 3.30. The van der Waals surface area contributed by atoms with E-state index in [-0.39, 0.29) is 17.6 Å². The lowest BCUT2D eigenvalue weighted by Gasteiger charge is -2.18. The van der Waals surface area contributed by atoms with E-state index in [1.807, 2.05) is 30.3 Å². The first-order valence-corrected chi connectivity index (χ1v) is 10.3. The molecule has 2 aromatic carbocycles. The van der Waals surface area contributed by atoms with Crippen molar-refractivity contribution in [1.29, 1.82) is 0 Å². The summed E-state index contributed by atoms with van der Waals surface area (Å²) in [6, 6.07) is 15.9. The highest BCUT2D eigenvalue weighted by Crippen LogP contribution is 2.34. The van der Waals surface area contributed by atoms with Gasteiger partial charge in [-0.05, 0) is 48.0 Å². The normalized spacial score (nSPS) is 12.2. The molecule has 0 fully saturated rings. The summed E-state index contributed by atoms with van der Waals surface area (Å²) in [5.74, 6) is 0.968. The van der Waals surface area contributed by atoms with Crippen molar-refractivity contribution < 1.29 is 23.5 Å². The molecule has 9 nitrogen and oxygen atoms in total. The molecule has 0 unspecified atom stereocenters. The molecule has 0 radical (unpaired) electrons. The minimum atomic E-state index is -0.326. The van der Waals surface area contributed by atoms with Crippen LogP contribution in [-0.2, 0) is 6.54 Å². The van der Waals surface area contributed by atoms with Crippen molar-refractivity contribution in [2.24, 2.45) is 0 Å². The number of carbonyl (C=O) groups is 2. The molecule has 2 aromatic heterocycles. The first-order valence-electron chi connectivity index (χ1n) is 10.3. The Morgan fingerprint density at radius 1 is 0.970 bits per heavy atom. The van der Waals surface area contributed by atoms with Gasteiger partial charge in [0, 0.05) is 17.8 Å². The summed E-state index contributed by atoms with van der Waals surface area (Å²) < 4.78 is 16.3. The molecule has 0 bridgehead atoms. The van der Waals surface area contributed by atoms with Gasteiger partial charge < -0.3 is 24.5 Å². The third-order valence-corrected chi connectivity index (χ3v) is 5.12. The summed E-state index contributed by atoms with van der Waals surface area (Å²) >= 11 is 0. The monoisotopic (exact) mass is 444 g/mol. The van der Waals surface area contributed by atoms with Crippen molar-refractivity contribution in [3.05, 3.63) is 83.9 Å². The minimum Gasteiger partial charge on any atom is -0.486 e. The van der Waals surface area contributed by atoms with Gasteiger partial charge in [0.05, 0.1) is 23.7 Å². The van der Waals surface area contributed by atoms with Crippen LogP contribution < -0.4 is 20.1 Å². The third-order valence-electron chi connectivity index (χ3n) is 5.12. The van der Waals surface area contributed by atoms with Crippen LogP contribution in [-0.4, -0.2) is 35.2 Å². The van der Waals surface area contributed by atoms with Gasteiger partial charge >= 0.3 is 0 Å². The molecule has 5 rings (SSSR count). The van der Waals surface area contributed by atoms with Crippen LogP contribution in [0.25, 0.3) is 11.3 Å². The molecule has 0 saturated heterocycles. The number of rotatable bonds is 6. The van der Waals surface area contributed by atoms with Gasteiger partial charge in [0.15, 0.2) is 17.3 Å². The fourth-order valence-corrected chi connectivity index (χ4v) is 3.46. The van der Waals surface area contributed by atoms with Gasteiger partial charge in [-0.2, -0.15) is 5.10 Å². The molecule has 33 heavy (non-hydrogen) atoms. The van der Waals surface area contributed by atoms with Gasteiger partial charge in [-0.1, -0.05) is 12.1 Å². The molecule has 0 spiro atoms. The van der Waals surface area contributed by atoms with Gasteiger partial charge in [0.2, 0.25) is 0 Å². The van der Waals surface area contributed by atoms with Crippen molar-refractivity contribution in [1.82, 2.24) is 15.5 Å². The number of ether oxygens (including phenoxy) is 2. The number of furan rings is 1. The van der Waals surface area contributed by atoms with Crippen molar-refractivity contribution in [2.45, 2.75) is 6.54 Å². The Labute approximate surface area is 188 Å². The highest BCUT2D eigenvalue weighted by molar-refractivity contribution is 6.02. The van der Waals surface area contributed by atoms with Crippen LogP contribution >= 0.6 is 0 Å². The Bertz CT molecular complexity index is 1280. The summed E-state index contributed by atoms with van der Waals surface area (Å²) in [5, 5.41) is 12.6. The van der Waals surface area contributed by atoms with E-state index in [4.69, 9.17) is 13.9 Å². The Hall–Kier alpha value is -4.53. The molecule has 0 aliphatic carbocycles. The fourth-order valence-electron chi connectivity index (χ4n) is 3.46. The maximum atomic E-state index is 12.8. The number of aromatic amines is 1. The zero-order chi connectivity index (χ0) is 22.6. The minimum absolute atomic E-state index is 0.236. The number of hydrogen-bond donors (Lipinski definition) is 3. The summed E-state index contributed by atoms with van der Waals surface area (Å²) in [6.07, 6.45) is 2.94. The lowest BCUT2D eigenvalue weighted by atomic mass is 10.1. The molecule has 3 N–H and O–H groups in total. The van der Waals surface area contributed by atoms with E-state index in [9.17, 15) is 9.59 Å². The van der Waals surface area contributed by atoms with Crippen molar-refractivity contribution in [2.75, 3.05) is 18.5 Å². The maximum absolute atomic E-state index is 12.8. The van der Waals surface area contributed by atoms with Gasteiger partial charge in [-0.3, -0.25) is 14.7 Å². The number of aromatic nitrogens is 2. The first-order chi connectivity index (χ1) is 16.2. The average molecular weight is 444 g/mol. The maximum Gasteiger partial charge on any atom is 0.291 e. The molecule has 0 saturated carbocycles. The van der Waals surface area contributed by atoms with Crippen molar-refractivity contribution in [3.63, 3.8) is 0 Å². The lowest BCUT2D eigenvalue weighted by Crippen LogP contribution is -2.23. The molecule has 9 heteroatoms. The molecule has 1 aliphatic heterocycles. The predicted molar refractivity (Wildman–Crippen MR) is 119 cm³/mol. The second-order valence-corrected chi connectivity index (χ2v) is 7.33. The number of hydrogen-bond acceptors (Lipinski definition) is 6. The molecule has 1 aliphatic rings. The largest absolute Gasteiger partial charge is 0.486 e. The summed E-state index contributed by atoms with van der Waals surface area (Å²) in [7, 11) is 0. The number of nitrogens with one attached hydrogen (secondary N) is 3. The number of anilines is 1. The standard InChI is InChI=1S/C24H20N4O5/c29-23(18-14-26-28-22(18)16-5-8-19-21(12-16)33-11-10-32-19)25-13-15-3-6-17(7-4-15)27-24(30)20-2-1-9-31-20/h1-9,12,14H,10-11,13H2,(H,25,29)(H,26,28)(H,27,30). The predicted octanol–water partition coefficient (Wildman–Crippen LogP) is 3.62. The van der Waals surface area contributed by atoms with E-state index < -0.39 is 0 Å². The summed E-state index contributed by atoms with van der Waals surface area (Å²) in [4.78, 5) is 24.9. The summed E-state index contributed by atoms with van der Waals surface area (Å²) in [6.45, 7) is 1.32. The van der Waals surface area contributed by atoms with Crippen LogP contribution in [0, 0.1) is 0 Å². The van der Waals surface area contributed by atoms with E-state index >= 15 is 0 Å².